The number of methoxy groups -OCH3 is 2. The summed E-state index contributed by atoms with van der Waals surface area (Å²) in [4.78, 5) is 30.2. The summed E-state index contributed by atoms with van der Waals surface area (Å²) >= 11 is 0. The standard InChI is InChI=1S/C37H43N3O6S/c1-27-19-21-31(22-20-27)47(43,44)40(32-17-10-11-18-34(32)46-6)26-35(41)39(25-29-15-12-16-30(23-29)45-5)33(36(42)38-37(2,3)4)24-28-13-8-7-9-14-28/h7-23,33H,24-26H2,1-6H3,(H,38,42)/t33-/m0/s1. The minimum absolute atomic E-state index is 0.0208. The average Bonchev–Trinajstić information content (AvgIpc) is 3.05. The quantitative estimate of drug-likeness (QED) is 0.196. The minimum Gasteiger partial charge on any atom is -0.497 e. The van der Waals surface area contributed by atoms with Crippen LogP contribution in [0.1, 0.15) is 37.5 Å². The second-order valence-corrected chi connectivity index (χ2v) is 14.2. The van der Waals surface area contributed by atoms with Crippen LogP contribution in [0.2, 0.25) is 0 Å². The maximum absolute atomic E-state index is 14.7. The molecule has 1 atom stereocenters. The molecular formula is C37H43N3O6S. The van der Waals surface area contributed by atoms with Crippen LogP contribution in [-0.4, -0.2) is 57.5 Å². The second kappa shape index (κ2) is 15.2. The van der Waals surface area contributed by atoms with Crippen LogP contribution in [0.4, 0.5) is 5.69 Å². The first kappa shape index (κ1) is 35.0. The molecule has 4 aromatic carbocycles. The Labute approximate surface area is 278 Å². The summed E-state index contributed by atoms with van der Waals surface area (Å²) in [7, 11) is -1.27. The fraction of sp³-hybridized carbons (Fsp3) is 0.297. The molecular weight excluding hydrogens is 614 g/mol. The Morgan fingerprint density at radius 3 is 2.09 bits per heavy atom. The molecule has 0 aliphatic rings. The highest BCUT2D eigenvalue weighted by Crippen LogP contribution is 2.33. The highest BCUT2D eigenvalue weighted by atomic mass is 32.2. The number of ether oxygens (including phenoxy) is 2. The molecule has 0 fully saturated rings. The number of carbonyl (C=O) groups excluding carboxylic acids is 2. The lowest BCUT2D eigenvalue weighted by atomic mass is 10.0. The van der Waals surface area contributed by atoms with Gasteiger partial charge in [0, 0.05) is 18.5 Å². The van der Waals surface area contributed by atoms with Crippen LogP contribution in [0.25, 0.3) is 0 Å². The van der Waals surface area contributed by atoms with Gasteiger partial charge in [0.1, 0.15) is 24.1 Å². The molecule has 0 saturated heterocycles. The molecule has 47 heavy (non-hydrogen) atoms. The topological polar surface area (TPSA) is 105 Å². The van der Waals surface area contributed by atoms with Crippen LogP contribution >= 0.6 is 0 Å². The van der Waals surface area contributed by atoms with Crippen molar-refractivity contribution in [1.82, 2.24) is 10.2 Å². The van der Waals surface area contributed by atoms with Crippen molar-refractivity contribution in [3.05, 3.63) is 120 Å². The lowest BCUT2D eigenvalue weighted by Crippen LogP contribution is -2.56. The second-order valence-electron chi connectivity index (χ2n) is 12.3. The number of benzene rings is 4. The van der Waals surface area contributed by atoms with E-state index in [0.29, 0.717) is 11.3 Å². The summed E-state index contributed by atoms with van der Waals surface area (Å²) in [6.45, 7) is 6.91. The molecule has 0 aliphatic carbocycles. The Morgan fingerprint density at radius 2 is 1.45 bits per heavy atom. The monoisotopic (exact) mass is 657 g/mol. The van der Waals surface area contributed by atoms with Crippen LogP contribution in [0.5, 0.6) is 11.5 Å². The summed E-state index contributed by atoms with van der Waals surface area (Å²) < 4.78 is 40.6. The van der Waals surface area contributed by atoms with Gasteiger partial charge in [-0.05, 0) is 75.2 Å². The van der Waals surface area contributed by atoms with Crippen LogP contribution in [0, 0.1) is 6.92 Å². The van der Waals surface area contributed by atoms with Crippen molar-refractivity contribution >= 4 is 27.5 Å². The van der Waals surface area contributed by atoms with Crippen LogP contribution in [-0.2, 0) is 32.6 Å². The zero-order chi connectivity index (χ0) is 34.2. The molecule has 0 saturated carbocycles. The molecule has 2 amide bonds. The van der Waals surface area contributed by atoms with Crippen LogP contribution < -0.4 is 19.1 Å². The molecule has 0 spiro atoms. The van der Waals surface area contributed by atoms with Gasteiger partial charge in [-0.2, -0.15) is 0 Å². The van der Waals surface area contributed by atoms with Crippen LogP contribution in [0.3, 0.4) is 0 Å². The normalized spacial score (nSPS) is 12.1. The Morgan fingerprint density at radius 1 is 0.809 bits per heavy atom. The summed E-state index contributed by atoms with van der Waals surface area (Å²) in [5, 5.41) is 3.04. The summed E-state index contributed by atoms with van der Waals surface area (Å²) in [5.41, 5.74) is 2.06. The van der Waals surface area contributed by atoms with E-state index in [1.165, 1.54) is 24.1 Å². The van der Waals surface area contributed by atoms with Gasteiger partial charge in [0.15, 0.2) is 0 Å². The van der Waals surface area contributed by atoms with Gasteiger partial charge >= 0.3 is 0 Å². The van der Waals surface area contributed by atoms with Crippen molar-refractivity contribution in [2.24, 2.45) is 0 Å². The van der Waals surface area contributed by atoms with Gasteiger partial charge in [-0.25, -0.2) is 8.42 Å². The molecule has 1 N–H and O–H groups in total. The molecule has 0 heterocycles. The van der Waals surface area contributed by atoms with Crippen molar-refractivity contribution in [2.75, 3.05) is 25.1 Å². The van der Waals surface area contributed by atoms with Gasteiger partial charge < -0.3 is 19.7 Å². The van der Waals surface area contributed by atoms with Crippen molar-refractivity contribution in [3.63, 3.8) is 0 Å². The largest absolute Gasteiger partial charge is 0.497 e. The number of para-hydroxylation sites is 2. The Hall–Kier alpha value is -4.83. The number of carbonyl (C=O) groups is 2. The predicted octanol–water partition coefficient (Wildman–Crippen LogP) is 5.76. The molecule has 0 aliphatic heterocycles. The summed E-state index contributed by atoms with van der Waals surface area (Å²) in [5.74, 6) is -0.0601. The third-order valence-corrected chi connectivity index (χ3v) is 9.27. The SMILES string of the molecule is COc1cccc(CN(C(=O)CN(c2ccccc2OC)S(=O)(=O)c2ccc(C)cc2)[C@@H](Cc2ccccc2)C(=O)NC(C)(C)C)c1. The minimum atomic E-state index is -4.26. The highest BCUT2D eigenvalue weighted by molar-refractivity contribution is 7.92. The number of aryl methyl sites for hydroxylation is 1. The van der Waals surface area contributed by atoms with E-state index < -0.39 is 34.1 Å². The average molecular weight is 658 g/mol. The van der Waals surface area contributed by atoms with E-state index in [1.54, 1.807) is 61.7 Å². The number of sulfonamides is 1. The maximum atomic E-state index is 14.7. The fourth-order valence-electron chi connectivity index (χ4n) is 5.16. The Balaban J connectivity index is 1.85. The lowest BCUT2D eigenvalue weighted by molar-refractivity contribution is -0.140. The van der Waals surface area contributed by atoms with Crippen molar-refractivity contribution < 1.29 is 27.5 Å². The zero-order valence-electron chi connectivity index (χ0n) is 27.8. The number of rotatable bonds is 13. The number of amides is 2. The number of hydrogen-bond donors (Lipinski definition) is 1. The zero-order valence-corrected chi connectivity index (χ0v) is 28.6. The summed E-state index contributed by atoms with van der Waals surface area (Å²) in [6.07, 6.45) is 0.206. The Bertz CT molecular complexity index is 1770. The van der Waals surface area contributed by atoms with Gasteiger partial charge in [0.2, 0.25) is 11.8 Å². The van der Waals surface area contributed by atoms with E-state index in [0.717, 1.165) is 15.4 Å². The first-order valence-electron chi connectivity index (χ1n) is 15.3. The predicted molar refractivity (Wildman–Crippen MR) is 184 cm³/mol. The van der Waals surface area contributed by atoms with Gasteiger partial charge in [-0.15, -0.1) is 0 Å². The van der Waals surface area contributed by atoms with Gasteiger partial charge in [-0.3, -0.25) is 13.9 Å². The first-order chi connectivity index (χ1) is 22.3. The van der Waals surface area contributed by atoms with E-state index in [1.807, 2.05) is 64.1 Å². The van der Waals surface area contributed by atoms with Crippen molar-refractivity contribution in [2.45, 2.75) is 57.1 Å². The molecule has 9 nitrogen and oxygen atoms in total. The Kier molecular flexibility index (Phi) is 11.3. The number of hydrogen-bond acceptors (Lipinski definition) is 6. The number of nitrogens with one attached hydrogen (secondary N) is 1. The van der Waals surface area contributed by atoms with Crippen LogP contribution in [0.15, 0.2) is 108 Å². The first-order valence-corrected chi connectivity index (χ1v) is 16.8. The fourth-order valence-corrected chi connectivity index (χ4v) is 6.59. The summed E-state index contributed by atoms with van der Waals surface area (Å²) in [6, 6.07) is 28.8. The number of anilines is 1. The van der Waals surface area contributed by atoms with E-state index >= 15 is 0 Å². The van der Waals surface area contributed by atoms with Gasteiger partial charge in [-0.1, -0.05) is 72.3 Å². The van der Waals surface area contributed by atoms with Gasteiger partial charge in [0.05, 0.1) is 24.8 Å². The number of nitrogens with zero attached hydrogens (tertiary/aromatic N) is 2. The third-order valence-electron chi connectivity index (χ3n) is 7.50. The molecule has 0 radical (unpaired) electrons. The lowest BCUT2D eigenvalue weighted by Gasteiger charge is -2.35. The third kappa shape index (κ3) is 9.13. The maximum Gasteiger partial charge on any atom is 0.264 e. The molecule has 0 aromatic heterocycles. The molecule has 4 aromatic rings. The van der Waals surface area contributed by atoms with E-state index in [4.69, 9.17) is 9.47 Å². The molecule has 4 rings (SSSR count). The van der Waals surface area contributed by atoms with E-state index in [2.05, 4.69) is 5.32 Å². The van der Waals surface area contributed by atoms with Gasteiger partial charge in [0.25, 0.3) is 10.0 Å². The smallest absolute Gasteiger partial charge is 0.264 e. The molecule has 248 valence electrons. The van der Waals surface area contributed by atoms with E-state index in [9.17, 15) is 18.0 Å². The molecule has 0 bridgehead atoms. The molecule has 0 unspecified atom stereocenters. The van der Waals surface area contributed by atoms with Crippen molar-refractivity contribution in [1.29, 1.82) is 0 Å². The van der Waals surface area contributed by atoms with E-state index in [-0.39, 0.29) is 35.2 Å². The van der Waals surface area contributed by atoms with Crippen molar-refractivity contribution in [3.8, 4) is 11.5 Å². The highest BCUT2D eigenvalue weighted by Gasteiger charge is 2.36. The molecule has 10 heteroatoms.